The predicted molar refractivity (Wildman–Crippen MR) is 115 cm³/mol. The van der Waals surface area contributed by atoms with Gasteiger partial charge in [-0.2, -0.15) is 5.10 Å². The largest absolute Gasteiger partial charge is 0.496 e. The maximum atomic E-state index is 13.4. The first-order chi connectivity index (χ1) is 15.0. The Balaban J connectivity index is 1.43. The molecular weight excluding hydrogens is 399 g/mol. The third-order valence-electron chi connectivity index (χ3n) is 4.98. The highest BCUT2D eigenvalue weighted by Crippen LogP contribution is 2.31. The zero-order chi connectivity index (χ0) is 21.8. The van der Waals surface area contributed by atoms with Crippen LogP contribution in [0.4, 0.5) is 4.39 Å². The normalized spacial score (nSPS) is 10.9. The summed E-state index contributed by atoms with van der Waals surface area (Å²) in [7, 11) is 1.52. The van der Waals surface area contributed by atoms with Crippen LogP contribution in [0.2, 0.25) is 0 Å². The number of carboxylic acid groups (broad SMARTS) is 1. The minimum Gasteiger partial charge on any atom is -0.496 e. The number of halogens is 1. The van der Waals surface area contributed by atoms with Crippen molar-refractivity contribution >= 4 is 16.9 Å². The molecule has 7 heteroatoms. The Kier molecular flexibility index (Phi) is 5.84. The van der Waals surface area contributed by atoms with Crippen molar-refractivity contribution in [2.45, 2.75) is 19.6 Å². The smallest absolute Gasteiger partial charge is 0.305 e. The summed E-state index contributed by atoms with van der Waals surface area (Å²) in [6, 6.07) is 17.9. The number of ether oxygens (including phenoxy) is 2. The van der Waals surface area contributed by atoms with E-state index in [-0.39, 0.29) is 12.2 Å². The van der Waals surface area contributed by atoms with E-state index in [4.69, 9.17) is 14.6 Å². The number of nitrogens with zero attached hydrogens (tertiary/aromatic N) is 2. The molecule has 1 N–H and O–H groups in total. The molecule has 0 unspecified atom stereocenters. The second-order valence-electron chi connectivity index (χ2n) is 7.06. The number of rotatable bonds is 8. The van der Waals surface area contributed by atoms with Crippen molar-refractivity contribution in [3.63, 3.8) is 0 Å². The van der Waals surface area contributed by atoms with Gasteiger partial charge in [0.25, 0.3) is 0 Å². The van der Waals surface area contributed by atoms with E-state index in [9.17, 15) is 9.18 Å². The summed E-state index contributed by atoms with van der Waals surface area (Å²) in [5.74, 6) is -0.00159. The Morgan fingerprint density at radius 2 is 1.90 bits per heavy atom. The summed E-state index contributed by atoms with van der Waals surface area (Å²) in [6.07, 6.45) is 1.73. The lowest BCUT2D eigenvalue weighted by Crippen LogP contribution is -2.05. The van der Waals surface area contributed by atoms with Crippen molar-refractivity contribution in [3.05, 3.63) is 78.2 Å². The Bertz CT molecular complexity index is 1220. The molecule has 158 valence electrons. The van der Waals surface area contributed by atoms with Crippen molar-refractivity contribution in [1.82, 2.24) is 9.78 Å². The fourth-order valence-corrected chi connectivity index (χ4v) is 3.39. The molecule has 0 atom stereocenters. The van der Waals surface area contributed by atoms with Crippen LogP contribution >= 0.6 is 0 Å². The molecule has 31 heavy (non-hydrogen) atoms. The number of carboxylic acids is 1. The van der Waals surface area contributed by atoms with Gasteiger partial charge in [-0.05, 0) is 41.5 Å². The number of carbonyl (C=O) groups is 1. The molecule has 1 heterocycles. The number of fused-ring (bicyclic) bond motifs is 1. The molecule has 0 spiro atoms. The Labute approximate surface area is 178 Å². The summed E-state index contributed by atoms with van der Waals surface area (Å²) in [5, 5.41) is 14.0. The van der Waals surface area contributed by atoms with E-state index in [1.54, 1.807) is 16.9 Å². The summed E-state index contributed by atoms with van der Waals surface area (Å²) in [4.78, 5) is 10.8. The first kappa shape index (κ1) is 20.4. The first-order valence-corrected chi connectivity index (χ1v) is 9.76. The number of benzene rings is 3. The van der Waals surface area contributed by atoms with Crippen LogP contribution in [0.5, 0.6) is 11.5 Å². The van der Waals surface area contributed by atoms with Crippen molar-refractivity contribution < 1.29 is 23.8 Å². The van der Waals surface area contributed by atoms with Gasteiger partial charge in [-0.3, -0.25) is 9.48 Å². The van der Waals surface area contributed by atoms with Gasteiger partial charge in [-0.25, -0.2) is 4.39 Å². The molecule has 0 aliphatic rings. The van der Waals surface area contributed by atoms with Crippen LogP contribution in [0.3, 0.4) is 0 Å². The average Bonchev–Trinajstić information content (AvgIpc) is 3.19. The highest BCUT2D eigenvalue weighted by atomic mass is 19.1. The SMILES string of the molecule is COc1cc(F)ccc1-c1ccc(COc2ccc3c(cnn3CCC(=O)O)c2)cc1. The summed E-state index contributed by atoms with van der Waals surface area (Å²) < 4.78 is 26.3. The van der Waals surface area contributed by atoms with E-state index in [0.717, 1.165) is 27.6 Å². The van der Waals surface area contributed by atoms with Crippen LogP contribution < -0.4 is 9.47 Å². The third kappa shape index (κ3) is 4.66. The molecular formula is C24H21FN2O4. The molecule has 0 saturated heterocycles. The van der Waals surface area contributed by atoms with Crippen molar-refractivity contribution in [2.75, 3.05) is 7.11 Å². The minimum absolute atomic E-state index is 0.0226. The van der Waals surface area contributed by atoms with Gasteiger partial charge in [0, 0.05) is 17.0 Å². The second kappa shape index (κ2) is 8.87. The quantitative estimate of drug-likeness (QED) is 0.439. The highest BCUT2D eigenvalue weighted by Gasteiger charge is 2.09. The van der Waals surface area contributed by atoms with Crippen molar-refractivity contribution in [1.29, 1.82) is 0 Å². The monoisotopic (exact) mass is 420 g/mol. The fraction of sp³-hybridized carbons (Fsp3) is 0.167. The van der Waals surface area contributed by atoms with E-state index in [1.807, 2.05) is 42.5 Å². The molecule has 4 rings (SSSR count). The minimum atomic E-state index is -0.854. The maximum Gasteiger partial charge on any atom is 0.305 e. The van der Waals surface area contributed by atoms with Crippen LogP contribution in [-0.2, 0) is 17.9 Å². The lowest BCUT2D eigenvalue weighted by atomic mass is 10.0. The van der Waals surface area contributed by atoms with Gasteiger partial charge in [0.1, 0.15) is 23.9 Å². The van der Waals surface area contributed by atoms with Gasteiger partial charge >= 0.3 is 5.97 Å². The molecule has 1 aromatic heterocycles. The van der Waals surface area contributed by atoms with Crippen LogP contribution in [0.25, 0.3) is 22.0 Å². The van der Waals surface area contributed by atoms with Gasteiger partial charge in [-0.1, -0.05) is 24.3 Å². The van der Waals surface area contributed by atoms with E-state index in [1.165, 1.54) is 19.2 Å². The zero-order valence-corrected chi connectivity index (χ0v) is 16.9. The number of hydrogen-bond acceptors (Lipinski definition) is 4. The van der Waals surface area contributed by atoms with Gasteiger partial charge in [-0.15, -0.1) is 0 Å². The molecule has 0 bridgehead atoms. The van der Waals surface area contributed by atoms with Gasteiger partial charge in [0.2, 0.25) is 0 Å². The van der Waals surface area contributed by atoms with Crippen LogP contribution in [0, 0.1) is 5.82 Å². The second-order valence-corrected chi connectivity index (χ2v) is 7.06. The van der Waals surface area contributed by atoms with E-state index >= 15 is 0 Å². The number of aromatic nitrogens is 2. The molecule has 0 saturated carbocycles. The number of hydrogen-bond donors (Lipinski definition) is 1. The summed E-state index contributed by atoms with van der Waals surface area (Å²) in [6.45, 7) is 0.712. The first-order valence-electron chi connectivity index (χ1n) is 9.76. The Morgan fingerprint density at radius 1 is 1.10 bits per heavy atom. The predicted octanol–water partition coefficient (Wildman–Crippen LogP) is 4.90. The summed E-state index contributed by atoms with van der Waals surface area (Å²) in [5.41, 5.74) is 3.60. The number of aryl methyl sites for hydroxylation is 1. The van der Waals surface area contributed by atoms with Crippen molar-refractivity contribution in [3.8, 4) is 22.6 Å². The van der Waals surface area contributed by atoms with E-state index in [2.05, 4.69) is 5.10 Å². The molecule has 0 amide bonds. The third-order valence-corrected chi connectivity index (χ3v) is 4.98. The lowest BCUT2D eigenvalue weighted by Gasteiger charge is -2.10. The molecule has 0 radical (unpaired) electrons. The highest BCUT2D eigenvalue weighted by molar-refractivity contribution is 5.80. The lowest BCUT2D eigenvalue weighted by molar-refractivity contribution is -0.137. The molecule has 4 aromatic rings. The molecule has 0 aliphatic carbocycles. The number of aliphatic carboxylic acids is 1. The van der Waals surface area contributed by atoms with Gasteiger partial charge in [0.05, 0.1) is 31.8 Å². The Hall–Kier alpha value is -3.87. The molecule has 6 nitrogen and oxygen atoms in total. The van der Waals surface area contributed by atoms with Gasteiger partial charge < -0.3 is 14.6 Å². The van der Waals surface area contributed by atoms with E-state index < -0.39 is 5.97 Å². The van der Waals surface area contributed by atoms with Crippen LogP contribution in [0.15, 0.2) is 66.9 Å². The van der Waals surface area contributed by atoms with E-state index in [0.29, 0.717) is 24.7 Å². The fourth-order valence-electron chi connectivity index (χ4n) is 3.39. The average molecular weight is 420 g/mol. The molecule has 0 fully saturated rings. The van der Waals surface area contributed by atoms with Gasteiger partial charge in [0.15, 0.2) is 0 Å². The Morgan fingerprint density at radius 3 is 2.65 bits per heavy atom. The topological polar surface area (TPSA) is 73.6 Å². The zero-order valence-electron chi connectivity index (χ0n) is 16.9. The van der Waals surface area contributed by atoms with Crippen LogP contribution in [0.1, 0.15) is 12.0 Å². The maximum absolute atomic E-state index is 13.4. The summed E-state index contributed by atoms with van der Waals surface area (Å²) >= 11 is 0. The molecule has 0 aliphatic heterocycles. The standard InChI is InChI=1S/C24H21FN2O4/c1-30-23-13-19(25)6-8-21(23)17-4-2-16(3-5-17)15-31-20-7-9-22-18(12-20)14-26-27(22)11-10-24(28)29/h2-9,12-14H,10-11,15H2,1H3,(H,28,29). The van der Waals surface area contributed by atoms with Crippen LogP contribution in [-0.4, -0.2) is 28.0 Å². The van der Waals surface area contributed by atoms with Crippen molar-refractivity contribution in [2.24, 2.45) is 0 Å². The molecule has 3 aromatic carbocycles. The number of methoxy groups -OCH3 is 1.